The van der Waals surface area contributed by atoms with Crippen LogP contribution in [0.15, 0.2) is 43.0 Å². The summed E-state index contributed by atoms with van der Waals surface area (Å²) in [6.45, 7) is 6.31. The van der Waals surface area contributed by atoms with Crippen molar-refractivity contribution in [3.8, 4) is 5.75 Å². The van der Waals surface area contributed by atoms with E-state index in [0.717, 1.165) is 24.3 Å². The van der Waals surface area contributed by atoms with Gasteiger partial charge in [-0.3, -0.25) is 0 Å². The minimum Gasteiger partial charge on any atom is -0.497 e. The van der Waals surface area contributed by atoms with E-state index >= 15 is 0 Å². The molecule has 2 rings (SSSR count). The number of hydrogen-bond acceptors (Lipinski definition) is 4. The first-order chi connectivity index (χ1) is 13.7. The molecule has 1 aromatic carbocycles. The molecule has 156 valence electrons. The highest BCUT2D eigenvalue weighted by Crippen LogP contribution is 2.17. The fourth-order valence-corrected chi connectivity index (χ4v) is 3.16. The number of nitrogens with zero attached hydrogens (tertiary/aromatic N) is 2. The Labute approximate surface area is 170 Å². The van der Waals surface area contributed by atoms with Crippen molar-refractivity contribution in [3.63, 3.8) is 0 Å². The second kappa shape index (κ2) is 13.3. The van der Waals surface area contributed by atoms with E-state index in [2.05, 4.69) is 23.4 Å². The molecule has 0 aliphatic heterocycles. The normalized spacial score (nSPS) is 13.4. The number of ether oxygens (including phenoxy) is 3. The number of imidazole rings is 1. The first-order valence-electron chi connectivity index (χ1n) is 10.5. The Balaban J connectivity index is 1.78. The molecule has 0 saturated carbocycles. The molecule has 0 amide bonds. The van der Waals surface area contributed by atoms with Crippen LogP contribution in [0.2, 0.25) is 0 Å². The van der Waals surface area contributed by atoms with Crippen LogP contribution in [-0.2, 0) is 16.1 Å². The molecule has 0 N–H and O–H groups in total. The molecule has 2 aromatic rings. The molecule has 0 saturated heterocycles. The zero-order valence-corrected chi connectivity index (χ0v) is 17.7. The van der Waals surface area contributed by atoms with Crippen molar-refractivity contribution >= 4 is 0 Å². The van der Waals surface area contributed by atoms with Crippen molar-refractivity contribution in [2.75, 3.05) is 20.3 Å². The number of hydrogen-bond donors (Lipinski definition) is 0. The monoisotopic (exact) mass is 388 g/mol. The first-order valence-corrected chi connectivity index (χ1v) is 10.5. The zero-order valence-electron chi connectivity index (χ0n) is 17.7. The van der Waals surface area contributed by atoms with Crippen molar-refractivity contribution in [2.45, 2.75) is 71.1 Å². The van der Waals surface area contributed by atoms with Crippen LogP contribution < -0.4 is 4.74 Å². The van der Waals surface area contributed by atoms with Crippen LogP contribution in [0.1, 0.15) is 64.0 Å². The molecule has 0 bridgehead atoms. The molecular formula is C23H36N2O3. The fourth-order valence-electron chi connectivity index (χ4n) is 3.16. The van der Waals surface area contributed by atoms with E-state index in [0.29, 0.717) is 13.2 Å². The van der Waals surface area contributed by atoms with Crippen LogP contribution in [0, 0.1) is 0 Å². The lowest BCUT2D eigenvalue weighted by Gasteiger charge is -2.25. The third kappa shape index (κ3) is 8.03. The molecule has 0 aliphatic rings. The Bertz CT molecular complexity index is 613. The third-order valence-electron chi connectivity index (χ3n) is 5.07. The van der Waals surface area contributed by atoms with Gasteiger partial charge in [-0.25, -0.2) is 4.98 Å². The lowest BCUT2D eigenvalue weighted by atomic mass is 10.1. The minimum absolute atomic E-state index is 0.00286. The van der Waals surface area contributed by atoms with Gasteiger partial charge in [0.25, 0.3) is 0 Å². The van der Waals surface area contributed by atoms with Crippen LogP contribution in [0.5, 0.6) is 5.75 Å². The highest BCUT2D eigenvalue weighted by molar-refractivity contribution is 5.26. The topological polar surface area (TPSA) is 45.5 Å². The Hall–Kier alpha value is -1.85. The minimum atomic E-state index is 0.00286. The third-order valence-corrected chi connectivity index (χ3v) is 5.07. The second-order valence-electron chi connectivity index (χ2n) is 7.29. The lowest BCUT2D eigenvalue weighted by Crippen LogP contribution is -2.29. The van der Waals surface area contributed by atoms with E-state index in [1.807, 2.05) is 36.8 Å². The molecule has 0 spiro atoms. The molecule has 2 unspecified atom stereocenters. The molecule has 28 heavy (non-hydrogen) atoms. The SMILES string of the molecule is CCCCCCCCOC(COCc1ccc(OC)cc1)C(C)n1ccnc1. The molecule has 5 nitrogen and oxygen atoms in total. The summed E-state index contributed by atoms with van der Waals surface area (Å²) in [6, 6.07) is 8.16. The fraction of sp³-hybridized carbons (Fsp3) is 0.609. The molecule has 1 aromatic heterocycles. The van der Waals surface area contributed by atoms with E-state index in [1.165, 1.54) is 32.1 Å². The summed E-state index contributed by atoms with van der Waals surface area (Å²) in [5, 5.41) is 0. The Morgan fingerprint density at radius 2 is 1.79 bits per heavy atom. The Kier molecular flexibility index (Phi) is 10.7. The molecule has 5 heteroatoms. The Morgan fingerprint density at radius 1 is 1.04 bits per heavy atom. The van der Waals surface area contributed by atoms with Gasteiger partial charge in [0.1, 0.15) is 11.9 Å². The Morgan fingerprint density at radius 3 is 2.46 bits per heavy atom. The van der Waals surface area contributed by atoms with Crippen LogP contribution in [0.25, 0.3) is 0 Å². The van der Waals surface area contributed by atoms with Crippen LogP contribution >= 0.6 is 0 Å². The van der Waals surface area contributed by atoms with Crippen molar-refractivity contribution in [1.82, 2.24) is 9.55 Å². The molecule has 0 aliphatic carbocycles. The molecular weight excluding hydrogens is 352 g/mol. The average Bonchev–Trinajstić information content (AvgIpc) is 3.26. The molecule has 2 atom stereocenters. The van der Waals surface area contributed by atoms with Crippen molar-refractivity contribution < 1.29 is 14.2 Å². The van der Waals surface area contributed by atoms with Gasteiger partial charge in [0.2, 0.25) is 0 Å². The van der Waals surface area contributed by atoms with Crippen molar-refractivity contribution in [3.05, 3.63) is 48.5 Å². The maximum absolute atomic E-state index is 6.22. The summed E-state index contributed by atoms with van der Waals surface area (Å²) in [4.78, 5) is 4.16. The number of methoxy groups -OCH3 is 1. The summed E-state index contributed by atoms with van der Waals surface area (Å²) < 4.78 is 19.5. The van der Waals surface area contributed by atoms with E-state index in [9.17, 15) is 0 Å². The highest BCUT2D eigenvalue weighted by Gasteiger charge is 2.19. The predicted molar refractivity (Wildman–Crippen MR) is 113 cm³/mol. The van der Waals surface area contributed by atoms with Crippen LogP contribution in [-0.4, -0.2) is 36.0 Å². The summed E-state index contributed by atoms with van der Waals surface area (Å²) in [6.07, 6.45) is 13.2. The predicted octanol–water partition coefficient (Wildman–Crippen LogP) is 5.42. The average molecular weight is 389 g/mol. The number of aromatic nitrogens is 2. The summed E-state index contributed by atoms with van der Waals surface area (Å²) in [5.41, 5.74) is 1.13. The van der Waals surface area contributed by atoms with Gasteiger partial charge in [0.15, 0.2) is 0 Å². The van der Waals surface area contributed by atoms with Gasteiger partial charge in [-0.15, -0.1) is 0 Å². The molecule has 0 radical (unpaired) electrons. The highest BCUT2D eigenvalue weighted by atomic mass is 16.5. The van der Waals surface area contributed by atoms with Crippen LogP contribution in [0.4, 0.5) is 0 Å². The summed E-state index contributed by atoms with van der Waals surface area (Å²) >= 11 is 0. The van der Waals surface area contributed by atoms with Crippen molar-refractivity contribution in [1.29, 1.82) is 0 Å². The van der Waals surface area contributed by atoms with Gasteiger partial charge in [0.05, 0.1) is 32.7 Å². The largest absolute Gasteiger partial charge is 0.497 e. The van der Waals surface area contributed by atoms with Gasteiger partial charge in [-0.05, 0) is 31.0 Å². The van der Waals surface area contributed by atoms with Gasteiger partial charge in [-0.2, -0.15) is 0 Å². The number of benzene rings is 1. The first kappa shape index (κ1) is 22.4. The second-order valence-corrected chi connectivity index (χ2v) is 7.29. The summed E-state index contributed by atoms with van der Waals surface area (Å²) in [7, 11) is 1.68. The van der Waals surface area contributed by atoms with Gasteiger partial charge in [0, 0.05) is 19.0 Å². The lowest BCUT2D eigenvalue weighted by molar-refractivity contribution is -0.0449. The van der Waals surface area contributed by atoms with Gasteiger partial charge in [-0.1, -0.05) is 51.2 Å². The molecule has 0 fully saturated rings. The van der Waals surface area contributed by atoms with Gasteiger partial charge >= 0.3 is 0 Å². The standard InChI is InChI=1S/C23H36N2O3/c1-4-5-6-7-8-9-16-28-23(20(2)25-15-14-24-19-25)18-27-17-21-10-12-22(26-3)13-11-21/h10-15,19-20,23H,4-9,16-18H2,1-3H3. The maximum Gasteiger partial charge on any atom is 0.118 e. The smallest absolute Gasteiger partial charge is 0.118 e. The van der Waals surface area contributed by atoms with E-state index < -0.39 is 0 Å². The number of rotatable bonds is 15. The van der Waals surface area contributed by atoms with E-state index in [-0.39, 0.29) is 12.1 Å². The van der Waals surface area contributed by atoms with Gasteiger partial charge < -0.3 is 18.8 Å². The quantitative estimate of drug-likeness (QED) is 0.382. The van der Waals surface area contributed by atoms with E-state index in [1.54, 1.807) is 13.3 Å². The molecule has 1 heterocycles. The van der Waals surface area contributed by atoms with Crippen molar-refractivity contribution in [2.24, 2.45) is 0 Å². The summed E-state index contributed by atoms with van der Waals surface area (Å²) in [5.74, 6) is 0.859. The van der Waals surface area contributed by atoms with Crippen LogP contribution in [0.3, 0.4) is 0 Å². The zero-order chi connectivity index (χ0) is 20.0. The maximum atomic E-state index is 6.22. The number of unbranched alkanes of at least 4 members (excludes halogenated alkanes) is 5. The van der Waals surface area contributed by atoms with E-state index in [4.69, 9.17) is 14.2 Å².